The number of carbonyl (C=O) groups excluding carboxylic acids is 1. The van der Waals surface area contributed by atoms with Crippen molar-refractivity contribution in [2.45, 2.75) is 32.9 Å². The highest BCUT2D eigenvalue weighted by Crippen LogP contribution is 2.15. The standard InChI is InChI=1S/C11H27N3O3Si/c1-4-16-18(3,17-5-2)10-6-7-13-8-9-14-11(12)15/h13H,4-10H2,1-3H3,(H3,12,14,15). The SMILES string of the molecule is CCO[Si](C)(CCCNCCNC(N)=O)OCC. The first-order valence-electron chi connectivity index (χ1n) is 6.56. The highest BCUT2D eigenvalue weighted by Gasteiger charge is 2.29. The molecule has 0 atom stereocenters. The number of urea groups is 1. The fraction of sp³-hybridized carbons (Fsp3) is 0.909. The zero-order valence-corrected chi connectivity index (χ0v) is 12.8. The van der Waals surface area contributed by atoms with Crippen LogP contribution in [0.15, 0.2) is 0 Å². The Morgan fingerprint density at radius 2 is 1.78 bits per heavy atom. The van der Waals surface area contributed by atoms with Crippen LogP contribution in [-0.2, 0) is 8.85 Å². The van der Waals surface area contributed by atoms with Crippen molar-refractivity contribution >= 4 is 14.6 Å². The fourth-order valence-electron chi connectivity index (χ4n) is 1.73. The summed E-state index contributed by atoms with van der Waals surface area (Å²) in [6.07, 6.45) is 1.01. The lowest BCUT2D eigenvalue weighted by molar-refractivity contribution is 0.188. The lowest BCUT2D eigenvalue weighted by Gasteiger charge is -2.25. The molecule has 2 amide bonds. The van der Waals surface area contributed by atoms with Crippen LogP contribution in [-0.4, -0.2) is 47.4 Å². The molecule has 0 aliphatic rings. The van der Waals surface area contributed by atoms with Gasteiger partial charge < -0.3 is 25.2 Å². The van der Waals surface area contributed by atoms with Gasteiger partial charge in [0.1, 0.15) is 0 Å². The molecule has 18 heavy (non-hydrogen) atoms. The predicted molar refractivity (Wildman–Crippen MR) is 74.7 cm³/mol. The van der Waals surface area contributed by atoms with Crippen LogP contribution in [0.1, 0.15) is 20.3 Å². The summed E-state index contributed by atoms with van der Waals surface area (Å²) in [5, 5.41) is 5.77. The normalized spacial score (nSPS) is 11.5. The Kier molecular flexibility index (Phi) is 9.94. The Labute approximate surface area is 111 Å². The van der Waals surface area contributed by atoms with Crippen molar-refractivity contribution in [3.8, 4) is 0 Å². The van der Waals surface area contributed by atoms with Gasteiger partial charge in [0.05, 0.1) is 0 Å². The van der Waals surface area contributed by atoms with Gasteiger partial charge in [0, 0.05) is 26.3 Å². The summed E-state index contributed by atoms with van der Waals surface area (Å²) in [6.45, 7) is 9.69. The van der Waals surface area contributed by atoms with Crippen LogP contribution in [0.2, 0.25) is 12.6 Å². The monoisotopic (exact) mass is 277 g/mol. The Hall–Kier alpha value is -0.633. The third kappa shape index (κ3) is 9.40. The third-order valence-electron chi connectivity index (χ3n) is 2.48. The molecule has 0 unspecified atom stereocenters. The van der Waals surface area contributed by atoms with Crippen molar-refractivity contribution in [2.24, 2.45) is 5.73 Å². The second-order valence-electron chi connectivity index (χ2n) is 4.14. The van der Waals surface area contributed by atoms with E-state index >= 15 is 0 Å². The van der Waals surface area contributed by atoms with Gasteiger partial charge in [-0.2, -0.15) is 0 Å². The number of carbonyl (C=O) groups is 1. The van der Waals surface area contributed by atoms with E-state index in [0.717, 1.165) is 25.6 Å². The average Bonchev–Trinajstić information content (AvgIpc) is 2.28. The zero-order chi connectivity index (χ0) is 13.9. The summed E-state index contributed by atoms with van der Waals surface area (Å²) in [7, 11) is -1.97. The smallest absolute Gasteiger partial charge is 0.334 e. The van der Waals surface area contributed by atoms with Crippen molar-refractivity contribution in [3.63, 3.8) is 0 Å². The maximum absolute atomic E-state index is 10.4. The minimum atomic E-state index is -1.97. The second-order valence-corrected chi connectivity index (χ2v) is 7.49. The molecule has 0 heterocycles. The predicted octanol–water partition coefficient (Wildman–Crippen LogP) is 0.779. The second kappa shape index (κ2) is 10.3. The average molecular weight is 277 g/mol. The van der Waals surface area contributed by atoms with E-state index in [2.05, 4.69) is 17.2 Å². The number of hydrogen-bond donors (Lipinski definition) is 3. The van der Waals surface area contributed by atoms with Crippen molar-refractivity contribution in [2.75, 3.05) is 32.8 Å². The molecule has 0 spiro atoms. The summed E-state index contributed by atoms with van der Waals surface area (Å²) >= 11 is 0. The Bertz CT molecular complexity index is 224. The fourth-order valence-corrected chi connectivity index (χ4v) is 4.14. The Morgan fingerprint density at radius 1 is 1.17 bits per heavy atom. The molecule has 0 rings (SSSR count). The molecule has 0 saturated heterocycles. The minimum absolute atomic E-state index is 0.482. The van der Waals surface area contributed by atoms with Gasteiger partial charge in [-0.3, -0.25) is 0 Å². The van der Waals surface area contributed by atoms with Gasteiger partial charge in [0.2, 0.25) is 0 Å². The molecule has 0 aliphatic heterocycles. The molecule has 0 radical (unpaired) electrons. The Morgan fingerprint density at radius 3 is 2.28 bits per heavy atom. The van der Waals surface area contributed by atoms with Gasteiger partial charge in [-0.1, -0.05) is 0 Å². The molecule has 0 bridgehead atoms. The maximum atomic E-state index is 10.4. The number of amides is 2. The third-order valence-corrected chi connectivity index (χ3v) is 5.55. The number of rotatable bonds is 11. The van der Waals surface area contributed by atoms with Gasteiger partial charge in [-0.05, 0) is 39.4 Å². The summed E-state index contributed by atoms with van der Waals surface area (Å²) in [4.78, 5) is 10.4. The number of primary amides is 1. The van der Waals surface area contributed by atoms with E-state index in [-0.39, 0.29) is 0 Å². The van der Waals surface area contributed by atoms with Gasteiger partial charge in [-0.15, -0.1) is 0 Å². The number of nitrogens with one attached hydrogen (secondary N) is 2. The van der Waals surface area contributed by atoms with Crippen LogP contribution in [0.25, 0.3) is 0 Å². The summed E-state index contributed by atoms with van der Waals surface area (Å²) in [5.41, 5.74) is 4.95. The summed E-state index contributed by atoms with van der Waals surface area (Å²) in [5.74, 6) is 0. The van der Waals surface area contributed by atoms with Crippen LogP contribution in [0, 0.1) is 0 Å². The molecule has 0 aliphatic carbocycles. The molecule has 0 aromatic heterocycles. The van der Waals surface area contributed by atoms with Crippen molar-refractivity contribution in [1.29, 1.82) is 0 Å². The quantitative estimate of drug-likeness (QED) is 0.385. The number of hydrogen-bond acceptors (Lipinski definition) is 4. The first kappa shape index (κ1) is 17.4. The van der Waals surface area contributed by atoms with E-state index in [1.807, 2.05) is 13.8 Å². The molecule has 108 valence electrons. The van der Waals surface area contributed by atoms with E-state index in [4.69, 9.17) is 14.6 Å². The highest BCUT2D eigenvalue weighted by molar-refractivity contribution is 6.66. The highest BCUT2D eigenvalue weighted by atomic mass is 28.4. The van der Waals surface area contributed by atoms with E-state index < -0.39 is 14.6 Å². The van der Waals surface area contributed by atoms with Gasteiger partial charge in [-0.25, -0.2) is 4.79 Å². The lowest BCUT2D eigenvalue weighted by atomic mass is 10.4. The first-order valence-corrected chi connectivity index (χ1v) is 9.08. The van der Waals surface area contributed by atoms with Crippen molar-refractivity contribution in [3.05, 3.63) is 0 Å². The molecule has 0 saturated carbocycles. The minimum Gasteiger partial charge on any atom is -0.395 e. The van der Waals surface area contributed by atoms with Gasteiger partial charge >= 0.3 is 14.6 Å². The lowest BCUT2D eigenvalue weighted by Crippen LogP contribution is -2.40. The largest absolute Gasteiger partial charge is 0.395 e. The van der Waals surface area contributed by atoms with E-state index in [1.165, 1.54) is 0 Å². The molecule has 6 nitrogen and oxygen atoms in total. The van der Waals surface area contributed by atoms with Crippen LogP contribution < -0.4 is 16.4 Å². The molecule has 4 N–H and O–H groups in total. The van der Waals surface area contributed by atoms with E-state index in [1.54, 1.807) is 0 Å². The van der Waals surface area contributed by atoms with Crippen LogP contribution >= 0.6 is 0 Å². The van der Waals surface area contributed by atoms with Crippen LogP contribution in [0.5, 0.6) is 0 Å². The first-order chi connectivity index (χ1) is 8.54. The molecule has 0 aromatic carbocycles. The van der Waals surface area contributed by atoms with Crippen molar-refractivity contribution < 1.29 is 13.6 Å². The van der Waals surface area contributed by atoms with Gasteiger partial charge in [0.25, 0.3) is 0 Å². The molecule has 0 fully saturated rings. The topological polar surface area (TPSA) is 85.6 Å². The van der Waals surface area contributed by atoms with E-state index in [9.17, 15) is 4.79 Å². The van der Waals surface area contributed by atoms with Crippen LogP contribution in [0.4, 0.5) is 4.79 Å². The van der Waals surface area contributed by atoms with E-state index in [0.29, 0.717) is 19.8 Å². The Balaban J connectivity index is 3.57. The summed E-state index contributed by atoms with van der Waals surface area (Å²) < 4.78 is 11.5. The zero-order valence-electron chi connectivity index (χ0n) is 11.8. The summed E-state index contributed by atoms with van der Waals surface area (Å²) in [6, 6.07) is 0.495. The molecular formula is C11H27N3O3Si. The molecule has 0 aromatic rings. The van der Waals surface area contributed by atoms with Crippen molar-refractivity contribution in [1.82, 2.24) is 10.6 Å². The maximum Gasteiger partial charge on any atom is 0.334 e. The van der Waals surface area contributed by atoms with Gasteiger partial charge in [0.15, 0.2) is 0 Å². The number of nitrogens with two attached hydrogens (primary N) is 1. The molecule has 7 heteroatoms. The molecular weight excluding hydrogens is 250 g/mol. The van der Waals surface area contributed by atoms with Crippen LogP contribution in [0.3, 0.4) is 0 Å².